The Labute approximate surface area is 122 Å². The minimum Gasteiger partial charge on any atom is -0.369 e. The van der Waals surface area contributed by atoms with Crippen LogP contribution in [0.3, 0.4) is 0 Å². The number of rotatable bonds is 2. The van der Waals surface area contributed by atoms with Gasteiger partial charge in [0.2, 0.25) is 11.8 Å². The Morgan fingerprint density at radius 3 is 2.85 bits per heavy atom. The fourth-order valence-electron chi connectivity index (χ4n) is 3.18. The van der Waals surface area contributed by atoms with Crippen LogP contribution >= 0.6 is 11.6 Å². The van der Waals surface area contributed by atoms with Gasteiger partial charge in [0.25, 0.3) is 0 Å². The van der Waals surface area contributed by atoms with Gasteiger partial charge < -0.3 is 10.6 Å². The van der Waals surface area contributed by atoms with E-state index in [1.165, 1.54) is 0 Å². The zero-order valence-electron chi connectivity index (χ0n) is 11.1. The van der Waals surface area contributed by atoms with Crippen molar-refractivity contribution in [2.24, 2.45) is 11.7 Å². The summed E-state index contributed by atoms with van der Waals surface area (Å²) in [6.45, 7) is 1.16. The van der Waals surface area contributed by atoms with E-state index in [2.05, 4.69) is 0 Å². The van der Waals surface area contributed by atoms with Crippen molar-refractivity contribution in [2.75, 3.05) is 13.1 Å². The van der Waals surface area contributed by atoms with Crippen molar-refractivity contribution in [1.29, 1.82) is 0 Å². The number of nitrogens with zero attached hydrogens (tertiary/aromatic N) is 1. The molecule has 2 N–H and O–H groups in total. The molecule has 1 aliphatic heterocycles. The lowest BCUT2D eigenvalue weighted by atomic mass is 9.76. The number of fused-ring (bicyclic) bond motifs is 1. The normalized spacial score (nSPS) is 24.8. The van der Waals surface area contributed by atoms with Gasteiger partial charge in [-0.05, 0) is 36.5 Å². The van der Waals surface area contributed by atoms with E-state index in [0.29, 0.717) is 18.1 Å². The Hall–Kier alpha value is -1.55. The van der Waals surface area contributed by atoms with E-state index in [0.717, 1.165) is 30.4 Å². The van der Waals surface area contributed by atoms with E-state index in [9.17, 15) is 9.59 Å². The summed E-state index contributed by atoms with van der Waals surface area (Å²) in [5.41, 5.74) is 7.47. The predicted molar refractivity (Wildman–Crippen MR) is 76.4 cm³/mol. The molecule has 1 saturated heterocycles. The van der Waals surface area contributed by atoms with E-state index in [-0.39, 0.29) is 23.7 Å². The Morgan fingerprint density at radius 2 is 2.15 bits per heavy atom. The number of benzene rings is 1. The van der Waals surface area contributed by atoms with Gasteiger partial charge in [-0.25, -0.2) is 0 Å². The minimum atomic E-state index is -0.311. The number of primary amides is 1. The summed E-state index contributed by atoms with van der Waals surface area (Å²) in [6.07, 6.45) is 2.36. The summed E-state index contributed by atoms with van der Waals surface area (Å²) in [6, 6.07) is 5.74. The molecular weight excluding hydrogens is 276 g/mol. The average Bonchev–Trinajstić information content (AvgIpc) is 2.40. The second-order valence-electron chi connectivity index (χ2n) is 5.60. The molecule has 20 heavy (non-hydrogen) atoms. The number of nitrogens with two attached hydrogens (primary N) is 1. The van der Waals surface area contributed by atoms with Gasteiger partial charge in [-0.15, -0.1) is 0 Å². The van der Waals surface area contributed by atoms with Crippen molar-refractivity contribution in [1.82, 2.24) is 4.90 Å². The number of piperidine rings is 1. The Morgan fingerprint density at radius 1 is 1.35 bits per heavy atom. The van der Waals surface area contributed by atoms with Crippen LogP contribution in [-0.2, 0) is 16.0 Å². The molecule has 0 bridgehead atoms. The smallest absolute Gasteiger partial charge is 0.230 e. The van der Waals surface area contributed by atoms with Crippen LogP contribution in [0.5, 0.6) is 0 Å². The molecule has 2 atom stereocenters. The van der Waals surface area contributed by atoms with Gasteiger partial charge in [-0.1, -0.05) is 23.7 Å². The summed E-state index contributed by atoms with van der Waals surface area (Å²) < 4.78 is 0. The number of carbonyl (C=O) groups is 2. The van der Waals surface area contributed by atoms with Gasteiger partial charge in [0.15, 0.2) is 0 Å². The largest absolute Gasteiger partial charge is 0.369 e. The van der Waals surface area contributed by atoms with Gasteiger partial charge >= 0.3 is 0 Å². The first-order valence-electron chi connectivity index (χ1n) is 6.93. The zero-order valence-corrected chi connectivity index (χ0v) is 11.9. The van der Waals surface area contributed by atoms with Crippen LogP contribution in [0.2, 0.25) is 5.02 Å². The highest BCUT2D eigenvalue weighted by molar-refractivity contribution is 6.32. The highest BCUT2D eigenvalue weighted by atomic mass is 35.5. The molecule has 2 amide bonds. The molecule has 1 aromatic carbocycles. The van der Waals surface area contributed by atoms with Gasteiger partial charge in [-0.2, -0.15) is 0 Å². The van der Waals surface area contributed by atoms with Crippen LogP contribution in [-0.4, -0.2) is 29.8 Å². The number of amides is 2. The van der Waals surface area contributed by atoms with E-state index in [1.54, 1.807) is 4.90 Å². The fourth-order valence-corrected chi connectivity index (χ4v) is 3.51. The van der Waals surface area contributed by atoms with Crippen molar-refractivity contribution in [3.8, 4) is 0 Å². The Balaban J connectivity index is 1.75. The van der Waals surface area contributed by atoms with Crippen molar-refractivity contribution in [2.45, 2.75) is 25.2 Å². The molecular formula is C15H17ClN2O2. The molecule has 0 aromatic heterocycles. The third-order valence-corrected chi connectivity index (χ3v) is 4.68. The fraction of sp³-hybridized carbons (Fsp3) is 0.467. The van der Waals surface area contributed by atoms with Crippen LogP contribution in [0.1, 0.15) is 29.9 Å². The number of hydrogen-bond acceptors (Lipinski definition) is 2. The summed E-state index contributed by atoms with van der Waals surface area (Å²) in [7, 11) is 0. The molecule has 3 rings (SSSR count). The Bertz CT molecular complexity index is 559. The number of halogens is 1. The standard InChI is InChI=1S/C15H17ClN2O2/c16-12-5-1-3-9-7-11(13(9)12)15(20)18-6-2-4-10(8-18)14(17)19/h1,3,5,10-11H,2,4,6-8H2,(H2,17,19)/t10-,11-/m0/s1. The lowest BCUT2D eigenvalue weighted by Crippen LogP contribution is -2.47. The first-order valence-corrected chi connectivity index (χ1v) is 7.31. The second-order valence-corrected chi connectivity index (χ2v) is 6.00. The van der Waals surface area contributed by atoms with E-state index in [4.69, 9.17) is 17.3 Å². The molecule has 0 saturated carbocycles. The van der Waals surface area contributed by atoms with E-state index in [1.807, 2.05) is 18.2 Å². The maximum Gasteiger partial charge on any atom is 0.230 e. The average molecular weight is 293 g/mol. The van der Waals surface area contributed by atoms with Crippen LogP contribution in [0.4, 0.5) is 0 Å². The van der Waals surface area contributed by atoms with Gasteiger partial charge in [0.05, 0.1) is 11.8 Å². The minimum absolute atomic E-state index is 0.0801. The monoisotopic (exact) mass is 292 g/mol. The quantitative estimate of drug-likeness (QED) is 0.902. The van der Waals surface area contributed by atoms with Crippen molar-refractivity contribution >= 4 is 23.4 Å². The lowest BCUT2D eigenvalue weighted by molar-refractivity contribution is -0.136. The second kappa shape index (κ2) is 5.09. The summed E-state index contributed by atoms with van der Waals surface area (Å²) in [5, 5.41) is 0.663. The van der Waals surface area contributed by atoms with Crippen molar-refractivity contribution in [3.05, 3.63) is 34.3 Å². The molecule has 0 spiro atoms. The third-order valence-electron chi connectivity index (χ3n) is 4.35. The maximum atomic E-state index is 12.6. The van der Waals surface area contributed by atoms with Crippen molar-refractivity contribution in [3.63, 3.8) is 0 Å². The SMILES string of the molecule is NC(=O)[C@H]1CCCN(C(=O)[C@H]2Cc3cccc(Cl)c32)C1. The highest BCUT2D eigenvalue weighted by Crippen LogP contribution is 2.41. The number of hydrogen-bond donors (Lipinski definition) is 1. The molecule has 1 aliphatic carbocycles. The molecule has 0 unspecified atom stereocenters. The topological polar surface area (TPSA) is 63.4 Å². The molecule has 106 valence electrons. The molecule has 1 heterocycles. The zero-order chi connectivity index (χ0) is 14.3. The first kappa shape index (κ1) is 13.4. The van der Waals surface area contributed by atoms with Crippen LogP contribution in [0, 0.1) is 5.92 Å². The first-order chi connectivity index (χ1) is 9.58. The molecule has 5 heteroatoms. The van der Waals surface area contributed by atoms with E-state index < -0.39 is 0 Å². The van der Waals surface area contributed by atoms with E-state index >= 15 is 0 Å². The highest BCUT2D eigenvalue weighted by Gasteiger charge is 2.38. The molecule has 4 nitrogen and oxygen atoms in total. The molecule has 2 aliphatic rings. The summed E-state index contributed by atoms with van der Waals surface area (Å²) >= 11 is 6.18. The number of carbonyl (C=O) groups excluding carboxylic acids is 2. The summed E-state index contributed by atoms with van der Waals surface area (Å²) in [5.74, 6) is -0.588. The van der Waals surface area contributed by atoms with Crippen LogP contribution in [0.25, 0.3) is 0 Å². The van der Waals surface area contributed by atoms with Gasteiger partial charge in [0, 0.05) is 18.1 Å². The van der Waals surface area contributed by atoms with Crippen molar-refractivity contribution < 1.29 is 9.59 Å². The maximum absolute atomic E-state index is 12.6. The van der Waals surface area contributed by atoms with Crippen LogP contribution in [0.15, 0.2) is 18.2 Å². The van der Waals surface area contributed by atoms with Gasteiger partial charge in [-0.3, -0.25) is 9.59 Å². The number of likely N-dealkylation sites (tertiary alicyclic amines) is 1. The summed E-state index contributed by atoms with van der Waals surface area (Å²) in [4.78, 5) is 25.6. The van der Waals surface area contributed by atoms with Gasteiger partial charge in [0.1, 0.15) is 0 Å². The predicted octanol–water partition coefficient (Wildman–Crippen LogP) is 1.70. The Kier molecular flexibility index (Phi) is 3.42. The lowest BCUT2D eigenvalue weighted by Gasteiger charge is -2.38. The molecule has 1 fully saturated rings. The molecule has 1 aromatic rings. The molecule has 0 radical (unpaired) electrons. The third kappa shape index (κ3) is 2.18. The van der Waals surface area contributed by atoms with Crippen LogP contribution < -0.4 is 5.73 Å².